The van der Waals surface area contributed by atoms with Gasteiger partial charge >= 0.3 is 5.69 Å². The van der Waals surface area contributed by atoms with Crippen LogP contribution in [0.15, 0.2) is 17.6 Å². The molecule has 1 N–H and O–H groups in total. The van der Waals surface area contributed by atoms with Crippen molar-refractivity contribution in [2.75, 3.05) is 11.9 Å². The number of nitrogens with one attached hydrogen (secondary N) is 1. The Labute approximate surface area is 112 Å². The molecule has 2 heterocycles. The van der Waals surface area contributed by atoms with E-state index in [-0.39, 0.29) is 11.4 Å². The van der Waals surface area contributed by atoms with E-state index in [1.54, 1.807) is 11.4 Å². The number of thiophene rings is 1. The van der Waals surface area contributed by atoms with Crippen molar-refractivity contribution in [1.82, 2.24) is 9.97 Å². The first-order valence-electron chi connectivity index (χ1n) is 5.12. The lowest BCUT2D eigenvalue weighted by Crippen LogP contribution is -2.04. The van der Waals surface area contributed by atoms with Crippen LogP contribution in [0.1, 0.15) is 6.92 Å². The van der Waals surface area contributed by atoms with E-state index in [9.17, 15) is 10.1 Å². The van der Waals surface area contributed by atoms with Gasteiger partial charge in [0.2, 0.25) is 5.95 Å². The standard InChI is InChI=1S/C10H9ClN4O2S/c1-2-12-10-13-5-7(15(16)17)8(14-10)9-6(11)3-4-18-9/h3-5H,2H2,1H3,(H,12,13,14). The van der Waals surface area contributed by atoms with Gasteiger partial charge in [0.1, 0.15) is 6.20 Å². The maximum Gasteiger partial charge on any atom is 0.314 e. The Hall–Kier alpha value is -1.73. The molecule has 0 bridgehead atoms. The molecule has 2 rings (SSSR count). The Balaban J connectivity index is 2.58. The third-order valence-electron chi connectivity index (χ3n) is 2.13. The van der Waals surface area contributed by atoms with Crippen molar-refractivity contribution in [3.8, 4) is 10.6 Å². The fourth-order valence-electron chi connectivity index (χ4n) is 1.38. The topological polar surface area (TPSA) is 81.0 Å². The minimum atomic E-state index is -0.513. The normalized spacial score (nSPS) is 10.3. The average Bonchev–Trinajstić information content (AvgIpc) is 2.75. The SMILES string of the molecule is CCNc1ncc([N+](=O)[O-])c(-c2sccc2Cl)n1. The van der Waals surface area contributed by atoms with Gasteiger partial charge in [0.05, 0.1) is 14.8 Å². The molecule has 0 spiro atoms. The zero-order chi connectivity index (χ0) is 13.1. The molecule has 0 fully saturated rings. The molecule has 0 amide bonds. The maximum absolute atomic E-state index is 11.0. The van der Waals surface area contributed by atoms with Crippen molar-refractivity contribution in [3.05, 3.63) is 32.8 Å². The maximum atomic E-state index is 11.0. The molecule has 0 aliphatic heterocycles. The van der Waals surface area contributed by atoms with Gasteiger partial charge in [-0.2, -0.15) is 0 Å². The van der Waals surface area contributed by atoms with Crippen molar-refractivity contribution in [1.29, 1.82) is 0 Å². The third-order valence-corrected chi connectivity index (χ3v) is 3.48. The minimum Gasteiger partial charge on any atom is -0.354 e. The largest absolute Gasteiger partial charge is 0.354 e. The summed E-state index contributed by atoms with van der Waals surface area (Å²) in [5.74, 6) is 0.350. The summed E-state index contributed by atoms with van der Waals surface area (Å²) >= 11 is 7.29. The molecule has 0 atom stereocenters. The molecule has 6 nitrogen and oxygen atoms in total. The van der Waals surface area contributed by atoms with Crippen LogP contribution in [0.3, 0.4) is 0 Å². The highest BCUT2D eigenvalue weighted by Gasteiger charge is 2.21. The predicted octanol–water partition coefficient (Wildman–Crippen LogP) is 3.20. The number of aromatic nitrogens is 2. The first-order chi connectivity index (χ1) is 8.63. The summed E-state index contributed by atoms with van der Waals surface area (Å²) in [6.07, 6.45) is 1.19. The molecule has 2 aromatic rings. The van der Waals surface area contributed by atoms with E-state index in [1.807, 2.05) is 6.92 Å². The Morgan fingerprint density at radius 2 is 2.39 bits per heavy atom. The average molecular weight is 285 g/mol. The second kappa shape index (κ2) is 5.28. The molecule has 94 valence electrons. The molecular formula is C10H9ClN4O2S. The molecule has 0 saturated heterocycles. The molecular weight excluding hydrogens is 276 g/mol. The lowest BCUT2D eigenvalue weighted by molar-refractivity contribution is -0.384. The number of anilines is 1. The lowest BCUT2D eigenvalue weighted by Gasteiger charge is -2.04. The molecule has 18 heavy (non-hydrogen) atoms. The molecule has 0 unspecified atom stereocenters. The number of nitrogens with zero attached hydrogens (tertiary/aromatic N) is 3. The van der Waals surface area contributed by atoms with E-state index >= 15 is 0 Å². The highest BCUT2D eigenvalue weighted by Crippen LogP contribution is 2.37. The zero-order valence-corrected chi connectivity index (χ0v) is 11.0. The molecule has 2 aromatic heterocycles. The van der Waals surface area contributed by atoms with E-state index in [1.165, 1.54) is 17.5 Å². The van der Waals surface area contributed by atoms with Crippen LogP contribution in [0.25, 0.3) is 10.6 Å². The van der Waals surface area contributed by atoms with Crippen LogP contribution in [0.5, 0.6) is 0 Å². The van der Waals surface area contributed by atoms with Crippen LogP contribution < -0.4 is 5.32 Å². The van der Waals surface area contributed by atoms with Crippen molar-refractivity contribution >= 4 is 34.6 Å². The Kier molecular flexibility index (Phi) is 3.73. The Morgan fingerprint density at radius 3 is 2.94 bits per heavy atom. The molecule has 0 radical (unpaired) electrons. The summed E-state index contributed by atoms with van der Waals surface area (Å²) in [6, 6.07) is 1.68. The number of rotatable bonds is 4. The molecule has 8 heteroatoms. The van der Waals surface area contributed by atoms with E-state index in [2.05, 4.69) is 15.3 Å². The molecule has 0 aliphatic rings. The minimum absolute atomic E-state index is 0.152. The molecule has 0 aliphatic carbocycles. The molecule has 0 aromatic carbocycles. The Morgan fingerprint density at radius 1 is 1.61 bits per heavy atom. The van der Waals surface area contributed by atoms with Gasteiger partial charge in [-0.05, 0) is 18.4 Å². The van der Waals surface area contributed by atoms with Crippen LogP contribution in [0.2, 0.25) is 5.02 Å². The van der Waals surface area contributed by atoms with Gasteiger partial charge in [-0.3, -0.25) is 10.1 Å². The van der Waals surface area contributed by atoms with Crippen molar-refractivity contribution in [2.45, 2.75) is 6.92 Å². The van der Waals surface area contributed by atoms with Gasteiger partial charge in [0.25, 0.3) is 0 Å². The quantitative estimate of drug-likeness (QED) is 0.689. The van der Waals surface area contributed by atoms with E-state index in [4.69, 9.17) is 11.6 Å². The van der Waals surface area contributed by atoms with Crippen LogP contribution in [0, 0.1) is 10.1 Å². The number of nitro groups is 1. The van der Waals surface area contributed by atoms with Gasteiger partial charge in [-0.25, -0.2) is 9.97 Å². The summed E-state index contributed by atoms with van der Waals surface area (Å²) in [4.78, 5) is 19.1. The van der Waals surface area contributed by atoms with Gasteiger partial charge in [0.15, 0.2) is 5.69 Å². The van der Waals surface area contributed by atoms with Crippen molar-refractivity contribution < 1.29 is 4.92 Å². The second-order valence-corrected chi connectivity index (χ2v) is 4.64. The van der Waals surface area contributed by atoms with Crippen molar-refractivity contribution in [2.24, 2.45) is 0 Å². The zero-order valence-electron chi connectivity index (χ0n) is 9.38. The summed E-state index contributed by atoms with van der Waals surface area (Å²) in [5, 5.41) is 16.1. The third kappa shape index (κ3) is 2.41. The van der Waals surface area contributed by atoms with Gasteiger partial charge in [0, 0.05) is 6.54 Å². The summed E-state index contributed by atoms with van der Waals surface area (Å²) in [6.45, 7) is 2.53. The summed E-state index contributed by atoms with van der Waals surface area (Å²) < 4.78 is 0. The van der Waals surface area contributed by atoms with Crippen LogP contribution in [-0.4, -0.2) is 21.4 Å². The fourth-order valence-corrected chi connectivity index (χ4v) is 2.53. The monoisotopic (exact) mass is 284 g/mol. The van der Waals surface area contributed by atoms with Gasteiger partial charge in [-0.15, -0.1) is 11.3 Å². The van der Waals surface area contributed by atoms with Crippen LogP contribution >= 0.6 is 22.9 Å². The fraction of sp³-hybridized carbons (Fsp3) is 0.200. The Bertz CT molecular complexity index is 587. The van der Waals surface area contributed by atoms with Crippen molar-refractivity contribution in [3.63, 3.8) is 0 Å². The molecule has 0 saturated carbocycles. The number of halogens is 1. The van der Waals surface area contributed by atoms with Crippen LogP contribution in [0.4, 0.5) is 11.6 Å². The highest BCUT2D eigenvalue weighted by atomic mass is 35.5. The second-order valence-electron chi connectivity index (χ2n) is 3.31. The van der Waals surface area contributed by atoms with E-state index < -0.39 is 4.92 Å². The van der Waals surface area contributed by atoms with Crippen LogP contribution in [-0.2, 0) is 0 Å². The summed E-state index contributed by atoms with van der Waals surface area (Å²) in [5.41, 5.74) is 0.0898. The van der Waals surface area contributed by atoms with Gasteiger partial charge in [-0.1, -0.05) is 11.6 Å². The van der Waals surface area contributed by atoms with E-state index in [0.29, 0.717) is 22.4 Å². The smallest absolute Gasteiger partial charge is 0.314 e. The first kappa shape index (κ1) is 12.7. The number of hydrogen-bond donors (Lipinski definition) is 1. The summed E-state index contributed by atoms with van der Waals surface area (Å²) in [7, 11) is 0. The van der Waals surface area contributed by atoms with E-state index in [0.717, 1.165) is 0 Å². The highest BCUT2D eigenvalue weighted by molar-refractivity contribution is 7.14. The first-order valence-corrected chi connectivity index (χ1v) is 6.38. The van der Waals surface area contributed by atoms with Gasteiger partial charge < -0.3 is 5.32 Å². The predicted molar refractivity (Wildman–Crippen MR) is 71.2 cm³/mol. The lowest BCUT2D eigenvalue weighted by atomic mass is 10.3. The number of hydrogen-bond acceptors (Lipinski definition) is 6.